The molecule has 0 aliphatic heterocycles. The van der Waals surface area contributed by atoms with Crippen LogP contribution < -0.4 is 4.74 Å². The van der Waals surface area contributed by atoms with Gasteiger partial charge in [0.25, 0.3) is 0 Å². The SMILES string of the molecule is COc1ccccc1S(=O)(=O)N(CC(=O)O)C1CC1. The van der Waals surface area contributed by atoms with Crippen molar-refractivity contribution < 1.29 is 23.1 Å². The highest BCUT2D eigenvalue weighted by molar-refractivity contribution is 7.89. The van der Waals surface area contributed by atoms with E-state index in [9.17, 15) is 13.2 Å². The van der Waals surface area contributed by atoms with E-state index in [0.29, 0.717) is 12.8 Å². The van der Waals surface area contributed by atoms with E-state index in [1.165, 1.54) is 13.2 Å². The third-order valence-corrected chi connectivity index (χ3v) is 4.84. The van der Waals surface area contributed by atoms with Gasteiger partial charge in [-0.1, -0.05) is 12.1 Å². The Hall–Kier alpha value is -1.60. The van der Waals surface area contributed by atoms with Crippen LogP contribution in [0.25, 0.3) is 0 Å². The van der Waals surface area contributed by atoms with Crippen LogP contribution in [0.5, 0.6) is 5.75 Å². The molecule has 0 atom stereocenters. The minimum absolute atomic E-state index is 0.00523. The molecule has 1 N–H and O–H groups in total. The van der Waals surface area contributed by atoms with Crippen molar-refractivity contribution in [3.05, 3.63) is 24.3 Å². The molecule has 2 rings (SSSR count). The van der Waals surface area contributed by atoms with E-state index in [1.54, 1.807) is 18.2 Å². The first-order valence-corrected chi connectivity index (χ1v) is 7.27. The van der Waals surface area contributed by atoms with Gasteiger partial charge in [-0.3, -0.25) is 4.79 Å². The normalized spacial score (nSPS) is 15.5. The van der Waals surface area contributed by atoms with Crippen molar-refractivity contribution >= 4 is 16.0 Å². The molecular formula is C12H15NO5S. The number of carboxylic acids is 1. The summed E-state index contributed by atoms with van der Waals surface area (Å²) in [6.45, 7) is -0.523. The molecular weight excluding hydrogens is 270 g/mol. The average Bonchev–Trinajstić information content (AvgIpc) is 3.19. The summed E-state index contributed by atoms with van der Waals surface area (Å²) in [5, 5.41) is 8.86. The quantitative estimate of drug-likeness (QED) is 0.840. The second-order valence-corrected chi connectivity index (χ2v) is 6.19. The summed E-state index contributed by atoms with van der Waals surface area (Å²) in [6.07, 6.45) is 1.39. The Morgan fingerprint density at radius 2 is 2.05 bits per heavy atom. The van der Waals surface area contributed by atoms with Crippen LogP contribution in [-0.4, -0.2) is 43.5 Å². The highest BCUT2D eigenvalue weighted by atomic mass is 32.2. The predicted molar refractivity (Wildman–Crippen MR) is 67.5 cm³/mol. The second kappa shape index (κ2) is 5.18. The third kappa shape index (κ3) is 2.87. The van der Waals surface area contributed by atoms with Crippen molar-refractivity contribution in [1.29, 1.82) is 0 Å². The highest BCUT2D eigenvalue weighted by Crippen LogP contribution is 2.34. The maximum atomic E-state index is 12.5. The molecule has 0 saturated heterocycles. The number of hydrogen-bond acceptors (Lipinski definition) is 4. The molecule has 1 aliphatic rings. The lowest BCUT2D eigenvalue weighted by molar-refractivity contribution is -0.137. The van der Waals surface area contributed by atoms with Crippen LogP contribution in [0.2, 0.25) is 0 Å². The summed E-state index contributed by atoms with van der Waals surface area (Å²) in [7, 11) is -2.47. The summed E-state index contributed by atoms with van der Waals surface area (Å²) in [5.41, 5.74) is 0. The number of methoxy groups -OCH3 is 1. The van der Waals surface area contributed by atoms with Gasteiger partial charge in [-0.05, 0) is 25.0 Å². The minimum atomic E-state index is -3.85. The van der Waals surface area contributed by atoms with Crippen molar-refractivity contribution in [3.63, 3.8) is 0 Å². The van der Waals surface area contributed by atoms with Crippen molar-refractivity contribution in [3.8, 4) is 5.75 Å². The summed E-state index contributed by atoms with van der Waals surface area (Å²) in [4.78, 5) is 10.8. The lowest BCUT2D eigenvalue weighted by atomic mass is 10.3. The lowest BCUT2D eigenvalue weighted by Gasteiger charge is -2.21. The molecule has 19 heavy (non-hydrogen) atoms. The van der Waals surface area contributed by atoms with Gasteiger partial charge in [-0.25, -0.2) is 8.42 Å². The zero-order valence-electron chi connectivity index (χ0n) is 10.4. The van der Waals surface area contributed by atoms with E-state index in [1.807, 2.05) is 0 Å². The van der Waals surface area contributed by atoms with Crippen molar-refractivity contribution in [2.24, 2.45) is 0 Å². The van der Waals surface area contributed by atoms with E-state index < -0.39 is 22.5 Å². The number of ether oxygens (including phenoxy) is 1. The Kier molecular flexibility index (Phi) is 3.77. The van der Waals surface area contributed by atoms with Crippen LogP contribution >= 0.6 is 0 Å². The molecule has 7 heteroatoms. The van der Waals surface area contributed by atoms with Crippen molar-refractivity contribution in [2.45, 2.75) is 23.8 Å². The highest BCUT2D eigenvalue weighted by Gasteiger charge is 2.40. The number of carbonyl (C=O) groups is 1. The van der Waals surface area contributed by atoms with E-state index in [4.69, 9.17) is 9.84 Å². The third-order valence-electron chi connectivity index (χ3n) is 2.90. The van der Waals surface area contributed by atoms with Crippen LogP contribution in [0, 0.1) is 0 Å². The molecule has 1 saturated carbocycles. The molecule has 1 aromatic carbocycles. The predicted octanol–water partition coefficient (Wildman–Crippen LogP) is 0.933. The minimum Gasteiger partial charge on any atom is -0.495 e. The van der Waals surface area contributed by atoms with E-state index in [-0.39, 0.29) is 16.7 Å². The molecule has 6 nitrogen and oxygen atoms in total. The number of nitrogens with zero attached hydrogens (tertiary/aromatic N) is 1. The van der Waals surface area contributed by atoms with E-state index in [2.05, 4.69) is 0 Å². The molecule has 0 heterocycles. The van der Waals surface area contributed by atoms with Crippen LogP contribution in [0.3, 0.4) is 0 Å². The maximum Gasteiger partial charge on any atom is 0.318 e. The van der Waals surface area contributed by atoms with Gasteiger partial charge in [0.1, 0.15) is 17.2 Å². The number of carboxylic acid groups (broad SMARTS) is 1. The molecule has 0 bridgehead atoms. The summed E-state index contributed by atoms with van der Waals surface area (Å²) in [5.74, 6) is -0.941. The number of hydrogen-bond donors (Lipinski definition) is 1. The first-order valence-electron chi connectivity index (χ1n) is 5.83. The van der Waals surface area contributed by atoms with Crippen LogP contribution in [0.1, 0.15) is 12.8 Å². The maximum absolute atomic E-state index is 12.5. The Morgan fingerprint density at radius 3 is 2.58 bits per heavy atom. The first kappa shape index (κ1) is 13.8. The Bertz CT molecular complexity index is 580. The van der Waals surface area contributed by atoms with E-state index in [0.717, 1.165) is 4.31 Å². The zero-order chi connectivity index (χ0) is 14.0. The molecule has 1 fully saturated rings. The largest absolute Gasteiger partial charge is 0.495 e. The molecule has 0 unspecified atom stereocenters. The van der Waals surface area contributed by atoms with Gasteiger partial charge in [0.2, 0.25) is 10.0 Å². The molecule has 1 aliphatic carbocycles. The number of benzene rings is 1. The summed E-state index contributed by atoms with van der Waals surface area (Å²) < 4.78 is 31.1. The molecule has 0 aromatic heterocycles. The Morgan fingerprint density at radius 1 is 1.42 bits per heavy atom. The van der Waals surface area contributed by atoms with Gasteiger partial charge in [0.05, 0.1) is 7.11 Å². The molecule has 1 aromatic rings. The van der Waals surface area contributed by atoms with E-state index >= 15 is 0 Å². The number of sulfonamides is 1. The Balaban J connectivity index is 2.41. The number of para-hydroxylation sites is 1. The smallest absolute Gasteiger partial charge is 0.318 e. The first-order chi connectivity index (χ1) is 8.96. The van der Waals surface area contributed by atoms with Gasteiger partial charge in [0, 0.05) is 6.04 Å². The summed E-state index contributed by atoms with van der Waals surface area (Å²) >= 11 is 0. The number of aliphatic carboxylic acids is 1. The standard InChI is InChI=1S/C12H15NO5S/c1-18-10-4-2-3-5-11(10)19(16,17)13(8-12(14)15)9-6-7-9/h2-5,9H,6-8H2,1H3,(H,14,15). The van der Waals surface area contributed by atoms with Crippen LogP contribution in [-0.2, 0) is 14.8 Å². The average molecular weight is 285 g/mol. The number of rotatable bonds is 6. The molecule has 0 amide bonds. The van der Waals surface area contributed by atoms with Gasteiger partial charge in [0.15, 0.2) is 0 Å². The molecule has 0 spiro atoms. The molecule has 104 valence electrons. The fourth-order valence-electron chi connectivity index (χ4n) is 1.86. The molecule has 0 radical (unpaired) electrons. The lowest BCUT2D eigenvalue weighted by Crippen LogP contribution is -2.37. The Labute approximate surface area is 111 Å². The zero-order valence-corrected chi connectivity index (χ0v) is 11.3. The van der Waals surface area contributed by atoms with Crippen molar-refractivity contribution in [2.75, 3.05) is 13.7 Å². The van der Waals surface area contributed by atoms with Gasteiger partial charge < -0.3 is 9.84 Å². The monoisotopic (exact) mass is 285 g/mol. The van der Waals surface area contributed by atoms with Gasteiger partial charge in [-0.2, -0.15) is 4.31 Å². The van der Waals surface area contributed by atoms with Gasteiger partial charge in [-0.15, -0.1) is 0 Å². The fraction of sp³-hybridized carbons (Fsp3) is 0.417. The fourth-order valence-corrected chi connectivity index (χ4v) is 3.66. The summed E-state index contributed by atoms with van der Waals surface area (Å²) in [6, 6.07) is 5.99. The van der Waals surface area contributed by atoms with Crippen molar-refractivity contribution in [1.82, 2.24) is 4.31 Å². The second-order valence-electron chi connectivity index (χ2n) is 4.33. The van der Waals surface area contributed by atoms with Crippen LogP contribution in [0.15, 0.2) is 29.2 Å². The topological polar surface area (TPSA) is 83.9 Å². The van der Waals surface area contributed by atoms with Crippen LogP contribution in [0.4, 0.5) is 0 Å². The van der Waals surface area contributed by atoms with Gasteiger partial charge >= 0.3 is 5.97 Å².